The van der Waals surface area contributed by atoms with Crippen LogP contribution in [0.4, 0.5) is 0 Å². The van der Waals surface area contributed by atoms with Crippen LogP contribution in [0.5, 0.6) is 5.75 Å². The SMILES string of the molecule is Cc1ccc(COc2ccccc2CNn2c(-c3ccccc3)n[nH]c2=S)cc1. The van der Waals surface area contributed by atoms with E-state index in [1.165, 1.54) is 5.56 Å². The topological polar surface area (TPSA) is 54.9 Å². The minimum absolute atomic E-state index is 0.516. The number of ether oxygens (including phenoxy) is 1. The molecule has 6 heteroatoms. The van der Waals surface area contributed by atoms with E-state index in [9.17, 15) is 0 Å². The first-order valence-electron chi connectivity index (χ1n) is 9.44. The van der Waals surface area contributed by atoms with E-state index in [4.69, 9.17) is 17.0 Å². The molecule has 1 aromatic heterocycles. The maximum absolute atomic E-state index is 6.08. The molecule has 1 heterocycles. The van der Waals surface area contributed by atoms with Crippen LogP contribution in [0.3, 0.4) is 0 Å². The largest absolute Gasteiger partial charge is 0.489 e. The van der Waals surface area contributed by atoms with Crippen LogP contribution in [-0.4, -0.2) is 14.9 Å². The van der Waals surface area contributed by atoms with Crippen LogP contribution in [0.25, 0.3) is 11.4 Å². The Balaban J connectivity index is 1.49. The van der Waals surface area contributed by atoms with Crippen molar-refractivity contribution >= 4 is 12.2 Å². The molecule has 0 atom stereocenters. The predicted molar refractivity (Wildman–Crippen MR) is 118 cm³/mol. The highest BCUT2D eigenvalue weighted by atomic mass is 32.1. The summed E-state index contributed by atoms with van der Waals surface area (Å²) in [6.07, 6.45) is 0. The van der Waals surface area contributed by atoms with Crippen LogP contribution in [0.1, 0.15) is 16.7 Å². The van der Waals surface area contributed by atoms with Crippen molar-refractivity contribution in [1.82, 2.24) is 14.9 Å². The van der Waals surface area contributed by atoms with E-state index >= 15 is 0 Å². The molecule has 0 aliphatic heterocycles. The van der Waals surface area contributed by atoms with Gasteiger partial charge in [-0.25, -0.2) is 9.77 Å². The molecule has 0 saturated carbocycles. The molecule has 0 aliphatic carbocycles. The van der Waals surface area contributed by atoms with Crippen molar-refractivity contribution in [2.75, 3.05) is 5.43 Å². The van der Waals surface area contributed by atoms with Crippen LogP contribution >= 0.6 is 12.2 Å². The van der Waals surface area contributed by atoms with Gasteiger partial charge >= 0.3 is 0 Å². The standard InChI is InChI=1S/C23H22N4OS/c1-17-11-13-18(14-12-17)16-28-21-10-6-5-9-20(21)15-24-27-22(25-26-23(27)29)19-7-3-2-4-8-19/h2-14,24H,15-16H2,1H3,(H,26,29). The van der Waals surface area contributed by atoms with Crippen LogP contribution in [-0.2, 0) is 13.2 Å². The lowest BCUT2D eigenvalue weighted by Crippen LogP contribution is -2.16. The number of aromatic nitrogens is 3. The van der Waals surface area contributed by atoms with Crippen molar-refractivity contribution in [2.24, 2.45) is 0 Å². The number of H-pyrrole nitrogens is 1. The number of para-hydroxylation sites is 1. The zero-order valence-corrected chi connectivity index (χ0v) is 16.9. The molecule has 2 N–H and O–H groups in total. The van der Waals surface area contributed by atoms with Crippen LogP contribution in [0, 0.1) is 11.7 Å². The molecule has 4 aromatic rings. The molecule has 0 unspecified atom stereocenters. The lowest BCUT2D eigenvalue weighted by molar-refractivity contribution is 0.303. The third kappa shape index (κ3) is 4.55. The summed E-state index contributed by atoms with van der Waals surface area (Å²) in [4.78, 5) is 0. The number of nitrogens with one attached hydrogen (secondary N) is 2. The second kappa shape index (κ2) is 8.75. The highest BCUT2D eigenvalue weighted by Crippen LogP contribution is 2.21. The summed E-state index contributed by atoms with van der Waals surface area (Å²) in [5.74, 6) is 1.59. The Kier molecular flexibility index (Phi) is 5.72. The van der Waals surface area contributed by atoms with E-state index in [2.05, 4.69) is 46.8 Å². The van der Waals surface area contributed by atoms with Crippen molar-refractivity contribution < 1.29 is 4.74 Å². The summed E-state index contributed by atoms with van der Waals surface area (Å²) in [7, 11) is 0. The van der Waals surface area contributed by atoms with Gasteiger partial charge in [-0.1, -0.05) is 78.4 Å². The third-order valence-corrected chi connectivity index (χ3v) is 4.89. The molecule has 3 aromatic carbocycles. The van der Waals surface area contributed by atoms with E-state index in [1.54, 1.807) is 4.68 Å². The molecule has 4 rings (SSSR count). The van der Waals surface area contributed by atoms with Crippen molar-refractivity contribution in [3.63, 3.8) is 0 Å². The van der Waals surface area contributed by atoms with Gasteiger partial charge in [0, 0.05) is 11.1 Å². The molecular formula is C23H22N4OS. The van der Waals surface area contributed by atoms with Gasteiger partial charge in [0.1, 0.15) is 12.4 Å². The number of hydrogen-bond acceptors (Lipinski definition) is 4. The second-order valence-corrected chi connectivity index (χ2v) is 7.16. The fourth-order valence-electron chi connectivity index (χ4n) is 3.02. The third-order valence-electron chi connectivity index (χ3n) is 4.62. The zero-order valence-electron chi connectivity index (χ0n) is 16.1. The van der Waals surface area contributed by atoms with Crippen LogP contribution < -0.4 is 10.2 Å². The number of rotatable bonds is 7. The summed E-state index contributed by atoms with van der Waals surface area (Å²) in [5.41, 5.74) is 7.77. The van der Waals surface area contributed by atoms with Crippen molar-refractivity contribution in [3.8, 4) is 17.1 Å². The van der Waals surface area contributed by atoms with Crippen molar-refractivity contribution in [3.05, 3.63) is 100 Å². The quantitative estimate of drug-likeness (QED) is 0.415. The van der Waals surface area contributed by atoms with E-state index in [0.717, 1.165) is 28.3 Å². The Morgan fingerprint density at radius 2 is 1.69 bits per heavy atom. The summed E-state index contributed by atoms with van der Waals surface area (Å²) >= 11 is 5.40. The molecule has 0 spiro atoms. The average molecular weight is 403 g/mol. The van der Waals surface area contributed by atoms with Gasteiger partial charge in [-0.05, 0) is 30.8 Å². The van der Waals surface area contributed by atoms with Gasteiger partial charge in [0.05, 0.1) is 6.54 Å². The van der Waals surface area contributed by atoms with Crippen LogP contribution in [0.2, 0.25) is 0 Å². The van der Waals surface area contributed by atoms with Gasteiger partial charge < -0.3 is 10.2 Å². The maximum Gasteiger partial charge on any atom is 0.214 e. The van der Waals surface area contributed by atoms with Crippen LogP contribution in [0.15, 0.2) is 78.9 Å². The maximum atomic E-state index is 6.08. The Hall–Kier alpha value is -3.38. The lowest BCUT2D eigenvalue weighted by atomic mass is 10.1. The van der Waals surface area contributed by atoms with Gasteiger partial charge in [-0.3, -0.25) is 0 Å². The summed E-state index contributed by atoms with van der Waals surface area (Å²) in [5, 5.41) is 7.22. The molecule has 29 heavy (non-hydrogen) atoms. The number of benzene rings is 3. The van der Waals surface area contributed by atoms with Gasteiger partial charge in [-0.15, -0.1) is 0 Å². The Morgan fingerprint density at radius 3 is 2.48 bits per heavy atom. The fraction of sp³-hybridized carbons (Fsp3) is 0.130. The first-order chi connectivity index (χ1) is 14.2. The molecule has 0 saturated heterocycles. The molecule has 0 bridgehead atoms. The summed E-state index contributed by atoms with van der Waals surface area (Å²) in [6, 6.07) is 26.3. The molecule has 5 nitrogen and oxygen atoms in total. The number of hydrogen-bond donors (Lipinski definition) is 2. The van der Waals surface area contributed by atoms with E-state index in [0.29, 0.717) is 17.9 Å². The number of aryl methyl sites for hydroxylation is 1. The summed E-state index contributed by atoms with van der Waals surface area (Å²) in [6.45, 7) is 3.16. The molecule has 0 fully saturated rings. The lowest BCUT2D eigenvalue weighted by Gasteiger charge is -2.14. The van der Waals surface area contributed by atoms with E-state index in [-0.39, 0.29) is 0 Å². The van der Waals surface area contributed by atoms with Gasteiger partial charge in [-0.2, -0.15) is 5.10 Å². The number of aromatic amines is 1. The Morgan fingerprint density at radius 1 is 0.966 bits per heavy atom. The monoisotopic (exact) mass is 402 g/mol. The molecule has 146 valence electrons. The Bertz CT molecular complexity index is 1130. The molecule has 0 aliphatic rings. The second-order valence-electron chi connectivity index (χ2n) is 6.77. The average Bonchev–Trinajstić information content (AvgIpc) is 3.13. The first-order valence-corrected chi connectivity index (χ1v) is 9.84. The smallest absolute Gasteiger partial charge is 0.214 e. The zero-order chi connectivity index (χ0) is 20.1. The van der Waals surface area contributed by atoms with E-state index < -0.39 is 0 Å². The number of nitrogens with zero attached hydrogens (tertiary/aromatic N) is 2. The minimum atomic E-state index is 0.516. The molecule has 0 amide bonds. The minimum Gasteiger partial charge on any atom is -0.489 e. The summed E-state index contributed by atoms with van der Waals surface area (Å²) < 4.78 is 8.39. The van der Waals surface area contributed by atoms with E-state index in [1.807, 2.05) is 54.6 Å². The highest BCUT2D eigenvalue weighted by molar-refractivity contribution is 7.71. The highest BCUT2D eigenvalue weighted by Gasteiger charge is 2.10. The fourth-order valence-corrected chi connectivity index (χ4v) is 3.22. The Labute approximate surface area is 175 Å². The first kappa shape index (κ1) is 19.0. The van der Waals surface area contributed by atoms with Gasteiger partial charge in [0.2, 0.25) is 4.77 Å². The van der Waals surface area contributed by atoms with Gasteiger partial charge in [0.15, 0.2) is 5.82 Å². The molecule has 0 radical (unpaired) electrons. The van der Waals surface area contributed by atoms with Gasteiger partial charge in [0.25, 0.3) is 0 Å². The molecular weight excluding hydrogens is 380 g/mol. The van der Waals surface area contributed by atoms with Crippen molar-refractivity contribution in [2.45, 2.75) is 20.1 Å². The normalized spacial score (nSPS) is 10.7. The predicted octanol–water partition coefficient (Wildman–Crippen LogP) is 5.24. The van der Waals surface area contributed by atoms with Crippen molar-refractivity contribution in [1.29, 1.82) is 0 Å².